The number of rotatable bonds is 3. The van der Waals surface area contributed by atoms with Crippen LogP contribution in [-0.2, 0) is 11.2 Å². The zero-order valence-electron chi connectivity index (χ0n) is 15.6. The van der Waals surface area contributed by atoms with Gasteiger partial charge in [-0.2, -0.15) is 0 Å². The second-order valence-corrected chi connectivity index (χ2v) is 8.02. The molecule has 0 aromatic heterocycles. The van der Waals surface area contributed by atoms with Gasteiger partial charge in [-0.25, -0.2) is 0 Å². The Morgan fingerprint density at radius 1 is 1.11 bits per heavy atom. The summed E-state index contributed by atoms with van der Waals surface area (Å²) in [5.74, 6) is 1.53. The van der Waals surface area contributed by atoms with Crippen molar-refractivity contribution in [3.63, 3.8) is 0 Å². The fourth-order valence-corrected chi connectivity index (χ4v) is 4.28. The van der Waals surface area contributed by atoms with E-state index < -0.39 is 0 Å². The van der Waals surface area contributed by atoms with Gasteiger partial charge in [0.2, 0.25) is 5.91 Å². The van der Waals surface area contributed by atoms with Gasteiger partial charge in [0.25, 0.3) is 0 Å². The quantitative estimate of drug-likeness (QED) is 0.780. The largest absolute Gasteiger partial charge is 0.490 e. The van der Waals surface area contributed by atoms with Crippen molar-refractivity contribution in [1.29, 1.82) is 0 Å². The van der Waals surface area contributed by atoms with Crippen LogP contribution in [0.15, 0.2) is 30.3 Å². The van der Waals surface area contributed by atoms with Crippen molar-refractivity contribution < 1.29 is 14.3 Å². The maximum atomic E-state index is 12.6. The molecule has 2 aliphatic heterocycles. The molecular weight excluding hydrogens is 399 g/mol. The molecule has 5 nitrogen and oxygen atoms in total. The molecule has 0 saturated carbocycles. The molecule has 7 heteroatoms. The monoisotopic (exact) mass is 420 g/mol. The first-order valence-corrected chi connectivity index (χ1v) is 10.2. The average Bonchev–Trinajstić information content (AvgIpc) is 2.86. The number of carbonyl (C=O) groups excluding carboxylic acids is 1. The van der Waals surface area contributed by atoms with E-state index in [-0.39, 0.29) is 11.9 Å². The fraction of sp³-hybridized carbons (Fsp3) is 0.381. The second kappa shape index (κ2) is 8.19. The van der Waals surface area contributed by atoms with Crippen LogP contribution in [0.25, 0.3) is 0 Å². The summed E-state index contributed by atoms with van der Waals surface area (Å²) >= 11 is 12.0. The molecule has 28 heavy (non-hydrogen) atoms. The summed E-state index contributed by atoms with van der Waals surface area (Å²) in [5, 5.41) is 3.86. The van der Waals surface area contributed by atoms with Crippen molar-refractivity contribution >= 4 is 34.8 Å². The van der Waals surface area contributed by atoms with Gasteiger partial charge in [0, 0.05) is 34.7 Å². The van der Waals surface area contributed by atoms with Crippen molar-refractivity contribution in [2.75, 3.05) is 31.6 Å². The third-order valence-electron chi connectivity index (χ3n) is 5.17. The van der Waals surface area contributed by atoms with Gasteiger partial charge in [0.15, 0.2) is 11.5 Å². The third kappa shape index (κ3) is 4.22. The van der Waals surface area contributed by atoms with Gasteiger partial charge in [-0.3, -0.25) is 9.69 Å². The Bertz CT molecular complexity index is 883. The van der Waals surface area contributed by atoms with Crippen LogP contribution >= 0.6 is 23.2 Å². The number of hydrogen-bond donors (Lipinski definition) is 1. The van der Waals surface area contributed by atoms with E-state index in [0.717, 1.165) is 30.9 Å². The van der Waals surface area contributed by atoms with Crippen molar-refractivity contribution in [3.05, 3.63) is 51.5 Å². The van der Waals surface area contributed by atoms with Crippen molar-refractivity contribution in [3.8, 4) is 11.5 Å². The fourth-order valence-electron chi connectivity index (χ4n) is 3.75. The summed E-state index contributed by atoms with van der Waals surface area (Å²) in [6.07, 6.45) is 1.75. The number of hydrogen-bond acceptors (Lipinski definition) is 4. The maximum Gasteiger partial charge on any atom is 0.238 e. The third-order valence-corrected chi connectivity index (χ3v) is 5.60. The number of anilines is 1. The minimum atomic E-state index is -0.0945. The maximum absolute atomic E-state index is 12.6. The van der Waals surface area contributed by atoms with E-state index in [1.165, 1.54) is 11.1 Å². The number of nitrogens with zero attached hydrogens (tertiary/aromatic N) is 1. The van der Waals surface area contributed by atoms with Crippen molar-refractivity contribution in [2.24, 2.45) is 0 Å². The molecule has 2 aromatic carbocycles. The van der Waals surface area contributed by atoms with Crippen LogP contribution in [0.1, 0.15) is 30.5 Å². The Morgan fingerprint density at radius 3 is 2.50 bits per heavy atom. The van der Waals surface area contributed by atoms with E-state index in [0.29, 0.717) is 35.5 Å². The van der Waals surface area contributed by atoms with E-state index in [1.807, 2.05) is 0 Å². The van der Waals surface area contributed by atoms with Crippen LogP contribution in [-0.4, -0.2) is 37.1 Å². The van der Waals surface area contributed by atoms with E-state index in [9.17, 15) is 4.79 Å². The molecular formula is C21H22Cl2N2O3. The molecule has 2 aromatic rings. The van der Waals surface area contributed by atoms with Gasteiger partial charge in [0.05, 0.1) is 19.8 Å². The summed E-state index contributed by atoms with van der Waals surface area (Å²) < 4.78 is 11.6. The minimum Gasteiger partial charge on any atom is -0.490 e. The lowest BCUT2D eigenvalue weighted by molar-refractivity contribution is -0.117. The molecule has 1 amide bonds. The molecule has 4 rings (SSSR count). The predicted molar refractivity (Wildman–Crippen MR) is 111 cm³/mol. The van der Waals surface area contributed by atoms with Gasteiger partial charge in [-0.15, -0.1) is 0 Å². The zero-order valence-corrected chi connectivity index (χ0v) is 17.1. The molecule has 148 valence electrons. The van der Waals surface area contributed by atoms with Crippen LogP contribution in [0.4, 0.5) is 5.69 Å². The Labute approximate surface area is 174 Å². The summed E-state index contributed by atoms with van der Waals surface area (Å²) in [7, 11) is 0. The van der Waals surface area contributed by atoms with Crippen molar-refractivity contribution in [2.45, 2.75) is 25.8 Å². The number of halogens is 2. The molecule has 0 saturated heterocycles. The van der Waals surface area contributed by atoms with E-state index in [1.54, 1.807) is 18.2 Å². The SMILES string of the molecule is CC1c2cc3c(cc2CCN1CC(=O)Nc1cc(Cl)cc(Cl)c1)OCCCO3. The minimum absolute atomic E-state index is 0.0945. The Hall–Kier alpha value is -1.95. The predicted octanol–water partition coefficient (Wildman–Crippen LogP) is 4.71. The topological polar surface area (TPSA) is 50.8 Å². The summed E-state index contributed by atoms with van der Waals surface area (Å²) in [5.41, 5.74) is 3.05. The lowest BCUT2D eigenvalue weighted by Gasteiger charge is -2.35. The summed E-state index contributed by atoms with van der Waals surface area (Å²) in [6.45, 7) is 4.55. The van der Waals surface area contributed by atoms with Gasteiger partial charge in [-0.1, -0.05) is 23.2 Å². The number of nitrogens with one attached hydrogen (secondary N) is 1. The van der Waals surface area contributed by atoms with E-state index in [2.05, 4.69) is 29.3 Å². The highest BCUT2D eigenvalue weighted by molar-refractivity contribution is 6.35. The number of fused-ring (bicyclic) bond motifs is 2. The van der Waals surface area contributed by atoms with Crippen molar-refractivity contribution in [1.82, 2.24) is 4.90 Å². The highest BCUT2D eigenvalue weighted by Gasteiger charge is 2.28. The lowest BCUT2D eigenvalue weighted by atomic mass is 9.93. The molecule has 1 atom stereocenters. The van der Waals surface area contributed by atoms with Crippen LogP contribution in [0.5, 0.6) is 11.5 Å². The molecule has 1 unspecified atom stereocenters. The molecule has 0 spiro atoms. The smallest absolute Gasteiger partial charge is 0.238 e. The number of carbonyl (C=O) groups is 1. The summed E-state index contributed by atoms with van der Waals surface area (Å²) in [4.78, 5) is 14.7. The first kappa shape index (κ1) is 19.4. The molecule has 0 radical (unpaired) electrons. The average molecular weight is 421 g/mol. The molecule has 2 aliphatic rings. The van der Waals surface area contributed by atoms with Crippen LogP contribution in [0.2, 0.25) is 10.0 Å². The summed E-state index contributed by atoms with van der Waals surface area (Å²) in [6, 6.07) is 9.28. The number of benzene rings is 2. The molecule has 0 fully saturated rings. The molecule has 2 heterocycles. The van der Waals surface area contributed by atoms with Crippen LogP contribution in [0.3, 0.4) is 0 Å². The van der Waals surface area contributed by atoms with Crippen LogP contribution in [0, 0.1) is 0 Å². The standard InChI is InChI=1S/C21H22Cl2N2O3/c1-13-18-11-20-19(27-5-2-6-28-20)7-14(18)3-4-25(13)12-21(26)24-17-9-15(22)8-16(23)10-17/h7-11,13H,2-6,12H2,1H3,(H,24,26). The van der Waals surface area contributed by atoms with Gasteiger partial charge < -0.3 is 14.8 Å². The normalized spacial score (nSPS) is 18.9. The first-order valence-electron chi connectivity index (χ1n) is 9.42. The van der Waals surface area contributed by atoms with Gasteiger partial charge >= 0.3 is 0 Å². The second-order valence-electron chi connectivity index (χ2n) is 7.15. The Kier molecular flexibility index (Phi) is 5.67. The lowest BCUT2D eigenvalue weighted by Crippen LogP contribution is -2.39. The highest BCUT2D eigenvalue weighted by Crippen LogP contribution is 2.39. The first-order chi connectivity index (χ1) is 13.5. The highest BCUT2D eigenvalue weighted by atomic mass is 35.5. The Balaban J connectivity index is 1.47. The number of ether oxygens (including phenoxy) is 2. The zero-order chi connectivity index (χ0) is 19.7. The molecule has 1 N–H and O–H groups in total. The van der Waals surface area contributed by atoms with Gasteiger partial charge in [0.1, 0.15) is 0 Å². The van der Waals surface area contributed by atoms with E-state index in [4.69, 9.17) is 32.7 Å². The van der Waals surface area contributed by atoms with Crippen LogP contribution < -0.4 is 14.8 Å². The van der Waals surface area contributed by atoms with Gasteiger partial charge in [-0.05, 0) is 54.8 Å². The molecule has 0 aliphatic carbocycles. The molecule has 0 bridgehead atoms. The van der Waals surface area contributed by atoms with E-state index >= 15 is 0 Å². The number of amides is 1. The Morgan fingerprint density at radius 2 is 1.79 bits per heavy atom.